The van der Waals surface area contributed by atoms with Crippen molar-refractivity contribution in [1.29, 1.82) is 0 Å². The highest BCUT2D eigenvalue weighted by atomic mass is 16.6. The second-order valence-corrected chi connectivity index (χ2v) is 5.65. The fraction of sp³-hybridized carbons (Fsp3) is 0.316. The van der Waals surface area contributed by atoms with Crippen LogP contribution in [0.5, 0.6) is 23.0 Å². The zero-order chi connectivity index (χ0) is 17.8. The van der Waals surface area contributed by atoms with Gasteiger partial charge in [-0.05, 0) is 41.8 Å². The number of carbonyl (C=O) groups excluding carboxylic acids is 1. The summed E-state index contributed by atoms with van der Waals surface area (Å²) in [6, 6.07) is 10.8. The van der Waals surface area contributed by atoms with Gasteiger partial charge in [0.2, 0.25) is 0 Å². The number of benzene rings is 2. The first-order valence-corrected chi connectivity index (χ1v) is 7.93. The highest BCUT2D eigenvalue weighted by molar-refractivity contribution is 5.67. The second kappa shape index (κ2) is 7.34. The summed E-state index contributed by atoms with van der Waals surface area (Å²) in [5.41, 5.74) is 1.60. The van der Waals surface area contributed by atoms with E-state index in [1.165, 1.54) is 0 Å². The first-order chi connectivity index (χ1) is 12.1. The number of fused-ring (bicyclic) bond motifs is 1. The number of methoxy groups -OCH3 is 2. The second-order valence-electron chi connectivity index (χ2n) is 5.65. The standard InChI is InChI=1S/C19H20O6/c1-22-15-5-3-12(9-17(15)23-2)14(11-19(20)21)13-4-6-16-18(10-13)25-8-7-24-16/h3-6,9-10,14H,7-8,11H2,1-2H3,(H,20,21)/p-1/t14-/m1/s1. The monoisotopic (exact) mass is 343 g/mol. The molecule has 0 N–H and O–H groups in total. The SMILES string of the molecule is COc1ccc([C@@H](CC(=O)[O-])c2ccc3c(c2)OCCO3)cc1OC. The Labute approximate surface area is 145 Å². The highest BCUT2D eigenvalue weighted by Crippen LogP contribution is 2.38. The van der Waals surface area contributed by atoms with Crippen LogP contribution in [0.15, 0.2) is 36.4 Å². The zero-order valence-corrected chi connectivity index (χ0v) is 14.1. The lowest BCUT2D eigenvalue weighted by atomic mass is 9.88. The Hall–Kier alpha value is -2.89. The number of ether oxygens (including phenoxy) is 4. The fourth-order valence-corrected chi connectivity index (χ4v) is 2.94. The van der Waals surface area contributed by atoms with E-state index in [2.05, 4.69) is 0 Å². The average molecular weight is 343 g/mol. The summed E-state index contributed by atoms with van der Waals surface area (Å²) in [5.74, 6) is 0.874. The minimum atomic E-state index is -1.13. The summed E-state index contributed by atoms with van der Waals surface area (Å²) in [6.07, 6.45) is -0.158. The molecule has 0 bridgehead atoms. The lowest BCUT2D eigenvalue weighted by Gasteiger charge is -2.23. The van der Waals surface area contributed by atoms with E-state index in [0.717, 1.165) is 11.1 Å². The van der Waals surface area contributed by atoms with Crippen molar-refractivity contribution >= 4 is 5.97 Å². The van der Waals surface area contributed by atoms with E-state index in [9.17, 15) is 9.90 Å². The lowest BCUT2D eigenvalue weighted by Crippen LogP contribution is -2.25. The van der Waals surface area contributed by atoms with Crippen molar-refractivity contribution in [2.75, 3.05) is 27.4 Å². The third-order valence-corrected chi connectivity index (χ3v) is 4.15. The molecule has 0 amide bonds. The van der Waals surface area contributed by atoms with Crippen molar-refractivity contribution in [3.05, 3.63) is 47.5 Å². The summed E-state index contributed by atoms with van der Waals surface area (Å²) >= 11 is 0. The molecule has 0 fully saturated rings. The number of carbonyl (C=O) groups is 1. The summed E-state index contributed by atoms with van der Waals surface area (Å²) in [6.45, 7) is 0.975. The molecule has 0 spiro atoms. The molecule has 0 saturated heterocycles. The van der Waals surface area contributed by atoms with Gasteiger partial charge >= 0.3 is 0 Å². The van der Waals surface area contributed by atoms with Gasteiger partial charge in [0.25, 0.3) is 0 Å². The Morgan fingerprint density at radius 1 is 1.00 bits per heavy atom. The molecule has 6 nitrogen and oxygen atoms in total. The van der Waals surface area contributed by atoms with Gasteiger partial charge < -0.3 is 28.8 Å². The molecule has 25 heavy (non-hydrogen) atoms. The van der Waals surface area contributed by atoms with Crippen LogP contribution < -0.4 is 24.1 Å². The minimum absolute atomic E-state index is 0.158. The van der Waals surface area contributed by atoms with E-state index in [0.29, 0.717) is 36.2 Å². The van der Waals surface area contributed by atoms with Gasteiger partial charge in [-0.2, -0.15) is 0 Å². The van der Waals surface area contributed by atoms with Crippen LogP contribution >= 0.6 is 0 Å². The summed E-state index contributed by atoms with van der Waals surface area (Å²) in [5, 5.41) is 11.3. The van der Waals surface area contributed by atoms with Gasteiger partial charge in [-0.15, -0.1) is 0 Å². The van der Waals surface area contributed by atoms with Crippen LogP contribution in [-0.4, -0.2) is 33.4 Å². The summed E-state index contributed by atoms with van der Waals surface area (Å²) in [4.78, 5) is 11.3. The molecule has 1 aliphatic heterocycles. The number of rotatable bonds is 6. The number of hydrogen-bond donors (Lipinski definition) is 0. The van der Waals surface area contributed by atoms with Gasteiger partial charge in [0, 0.05) is 11.9 Å². The summed E-state index contributed by atoms with van der Waals surface area (Å²) < 4.78 is 21.7. The number of carboxylic acids is 1. The van der Waals surface area contributed by atoms with Crippen LogP contribution in [0.25, 0.3) is 0 Å². The normalized spacial score (nSPS) is 13.8. The van der Waals surface area contributed by atoms with E-state index >= 15 is 0 Å². The highest BCUT2D eigenvalue weighted by Gasteiger charge is 2.20. The maximum absolute atomic E-state index is 11.3. The molecular formula is C19H19O6-. The molecule has 132 valence electrons. The van der Waals surface area contributed by atoms with Crippen LogP contribution in [0.2, 0.25) is 0 Å². The quantitative estimate of drug-likeness (QED) is 0.795. The number of carboxylic acid groups (broad SMARTS) is 1. The van der Waals surface area contributed by atoms with E-state index in [4.69, 9.17) is 18.9 Å². The Kier molecular flexibility index (Phi) is 4.97. The van der Waals surface area contributed by atoms with Crippen molar-refractivity contribution in [2.24, 2.45) is 0 Å². The molecule has 1 atom stereocenters. The van der Waals surface area contributed by atoms with Gasteiger partial charge in [0.1, 0.15) is 13.2 Å². The summed E-state index contributed by atoms with van der Waals surface area (Å²) in [7, 11) is 3.09. The minimum Gasteiger partial charge on any atom is -0.550 e. The molecule has 0 radical (unpaired) electrons. The molecule has 1 heterocycles. The Bertz CT molecular complexity index is 731. The molecule has 1 aliphatic rings. The van der Waals surface area contributed by atoms with Crippen LogP contribution in [0.1, 0.15) is 23.5 Å². The molecule has 0 aromatic heterocycles. The topological polar surface area (TPSA) is 77.1 Å². The fourth-order valence-electron chi connectivity index (χ4n) is 2.94. The predicted molar refractivity (Wildman–Crippen MR) is 88.4 cm³/mol. The number of aliphatic carboxylic acids is 1. The van der Waals surface area contributed by atoms with Crippen molar-refractivity contribution < 1.29 is 28.8 Å². The zero-order valence-electron chi connectivity index (χ0n) is 14.1. The Balaban J connectivity index is 2.01. The van der Waals surface area contributed by atoms with Crippen LogP contribution in [0.4, 0.5) is 0 Å². The maximum atomic E-state index is 11.3. The average Bonchev–Trinajstić information content (AvgIpc) is 2.65. The van der Waals surface area contributed by atoms with Crippen molar-refractivity contribution in [3.63, 3.8) is 0 Å². The molecular weight excluding hydrogens is 324 g/mol. The van der Waals surface area contributed by atoms with E-state index in [-0.39, 0.29) is 6.42 Å². The van der Waals surface area contributed by atoms with Crippen molar-refractivity contribution in [1.82, 2.24) is 0 Å². The maximum Gasteiger partial charge on any atom is 0.161 e. The van der Waals surface area contributed by atoms with Gasteiger partial charge in [-0.1, -0.05) is 12.1 Å². The van der Waals surface area contributed by atoms with Crippen molar-refractivity contribution in [2.45, 2.75) is 12.3 Å². The van der Waals surface area contributed by atoms with Gasteiger partial charge in [-0.25, -0.2) is 0 Å². The molecule has 2 aromatic rings. The van der Waals surface area contributed by atoms with Crippen LogP contribution in [-0.2, 0) is 4.79 Å². The molecule has 0 unspecified atom stereocenters. The van der Waals surface area contributed by atoms with Crippen molar-refractivity contribution in [3.8, 4) is 23.0 Å². The Morgan fingerprint density at radius 2 is 1.64 bits per heavy atom. The molecule has 0 saturated carbocycles. The van der Waals surface area contributed by atoms with E-state index < -0.39 is 11.9 Å². The first kappa shape index (κ1) is 17.0. The predicted octanol–water partition coefficient (Wildman–Crippen LogP) is 1.75. The largest absolute Gasteiger partial charge is 0.550 e. The number of hydrogen-bond acceptors (Lipinski definition) is 6. The molecule has 0 aliphatic carbocycles. The molecule has 2 aromatic carbocycles. The molecule has 6 heteroatoms. The third-order valence-electron chi connectivity index (χ3n) is 4.15. The molecule has 3 rings (SSSR count). The van der Waals surface area contributed by atoms with Crippen LogP contribution in [0, 0.1) is 0 Å². The van der Waals surface area contributed by atoms with E-state index in [1.807, 2.05) is 18.2 Å². The lowest BCUT2D eigenvalue weighted by molar-refractivity contribution is -0.305. The van der Waals surface area contributed by atoms with Gasteiger partial charge in [0.05, 0.1) is 14.2 Å². The van der Waals surface area contributed by atoms with Crippen LogP contribution in [0.3, 0.4) is 0 Å². The third kappa shape index (κ3) is 3.63. The Morgan fingerprint density at radius 3 is 2.32 bits per heavy atom. The van der Waals surface area contributed by atoms with Gasteiger partial charge in [0.15, 0.2) is 23.0 Å². The smallest absolute Gasteiger partial charge is 0.161 e. The van der Waals surface area contributed by atoms with Gasteiger partial charge in [-0.3, -0.25) is 0 Å². The van der Waals surface area contributed by atoms with E-state index in [1.54, 1.807) is 32.4 Å². The first-order valence-electron chi connectivity index (χ1n) is 7.93.